The van der Waals surface area contributed by atoms with Gasteiger partial charge in [-0.2, -0.15) is 11.8 Å². The Balaban J connectivity index is 1.90. The Bertz CT molecular complexity index is 667. The second-order valence-electron chi connectivity index (χ2n) is 5.16. The minimum absolute atomic E-state index is 0.179. The van der Waals surface area contributed by atoms with Crippen LogP contribution in [-0.4, -0.2) is 28.9 Å². The Labute approximate surface area is 144 Å². The van der Waals surface area contributed by atoms with E-state index in [0.29, 0.717) is 24.6 Å². The van der Waals surface area contributed by atoms with Crippen LogP contribution in [0.25, 0.3) is 0 Å². The summed E-state index contributed by atoms with van der Waals surface area (Å²) in [7, 11) is 0. The molecule has 1 amide bonds. The maximum Gasteiger partial charge on any atom is 0.237 e. The Hall–Kier alpha value is -2.12. The number of hydrogen-bond acceptors (Lipinski definition) is 5. The fraction of sp³-hybridized carbons (Fsp3) is 0.294. The minimum atomic E-state index is -0.505. The zero-order valence-electron chi connectivity index (χ0n) is 13.4. The molecular weight excluding hydrogens is 329 g/mol. The number of thioether (sulfide) groups is 1. The summed E-state index contributed by atoms with van der Waals surface area (Å²) in [6.45, 7) is 0.341. The summed E-state index contributed by atoms with van der Waals surface area (Å²) in [6, 6.07) is 8.67. The average Bonchev–Trinajstić information content (AvgIpc) is 2.60. The molecule has 0 bridgehead atoms. The van der Waals surface area contributed by atoms with Crippen LogP contribution in [0.15, 0.2) is 42.6 Å². The lowest BCUT2D eigenvalue weighted by Crippen LogP contribution is -2.40. The van der Waals surface area contributed by atoms with Gasteiger partial charge in [-0.3, -0.25) is 4.79 Å². The first-order chi connectivity index (χ1) is 11.6. The maximum atomic E-state index is 12.9. The predicted molar refractivity (Wildman–Crippen MR) is 93.5 cm³/mol. The second kappa shape index (κ2) is 9.24. The first-order valence-electron chi connectivity index (χ1n) is 7.49. The number of hydrogen-bond donors (Lipinski definition) is 2. The van der Waals surface area contributed by atoms with E-state index in [9.17, 15) is 9.18 Å². The lowest BCUT2D eigenvalue weighted by atomic mass is 10.2. The Morgan fingerprint density at radius 2 is 2.12 bits per heavy atom. The van der Waals surface area contributed by atoms with E-state index in [1.807, 2.05) is 6.26 Å². The molecule has 0 aliphatic carbocycles. The summed E-state index contributed by atoms with van der Waals surface area (Å²) in [5.74, 6) is 1.20. The molecule has 1 aromatic heterocycles. The lowest BCUT2D eigenvalue weighted by Gasteiger charge is -2.12. The molecule has 0 radical (unpaired) electrons. The van der Waals surface area contributed by atoms with Gasteiger partial charge in [0.1, 0.15) is 11.6 Å². The van der Waals surface area contributed by atoms with Gasteiger partial charge in [0.25, 0.3) is 0 Å². The van der Waals surface area contributed by atoms with E-state index in [4.69, 9.17) is 10.5 Å². The molecule has 0 aliphatic heterocycles. The summed E-state index contributed by atoms with van der Waals surface area (Å²) < 4.78 is 18.4. The third kappa shape index (κ3) is 5.82. The number of nitrogens with one attached hydrogen (secondary N) is 1. The quantitative estimate of drug-likeness (QED) is 0.766. The molecule has 7 heteroatoms. The van der Waals surface area contributed by atoms with E-state index in [0.717, 1.165) is 11.3 Å². The van der Waals surface area contributed by atoms with Crippen molar-refractivity contribution in [1.29, 1.82) is 0 Å². The highest BCUT2D eigenvalue weighted by molar-refractivity contribution is 7.98. The molecule has 0 aliphatic rings. The van der Waals surface area contributed by atoms with Crippen molar-refractivity contribution in [2.24, 2.45) is 5.73 Å². The van der Waals surface area contributed by atoms with Crippen molar-refractivity contribution >= 4 is 17.7 Å². The van der Waals surface area contributed by atoms with Gasteiger partial charge >= 0.3 is 0 Å². The lowest BCUT2D eigenvalue weighted by molar-refractivity contribution is -0.122. The van der Waals surface area contributed by atoms with Crippen LogP contribution in [0.4, 0.5) is 4.39 Å². The van der Waals surface area contributed by atoms with E-state index in [1.165, 1.54) is 24.3 Å². The monoisotopic (exact) mass is 349 g/mol. The van der Waals surface area contributed by atoms with Crippen molar-refractivity contribution in [2.45, 2.75) is 19.0 Å². The molecule has 2 rings (SSSR count). The van der Waals surface area contributed by atoms with Crippen LogP contribution in [0.2, 0.25) is 0 Å². The zero-order valence-corrected chi connectivity index (χ0v) is 14.2. The van der Waals surface area contributed by atoms with E-state index in [1.54, 1.807) is 30.1 Å². The van der Waals surface area contributed by atoms with Crippen LogP contribution in [0.1, 0.15) is 12.0 Å². The largest absolute Gasteiger partial charge is 0.439 e. The number of aromatic nitrogens is 1. The third-order valence-corrected chi connectivity index (χ3v) is 3.92. The van der Waals surface area contributed by atoms with Gasteiger partial charge in [0.05, 0.1) is 6.04 Å². The maximum absolute atomic E-state index is 12.9. The van der Waals surface area contributed by atoms with Crippen LogP contribution < -0.4 is 15.8 Å². The van der Waals surface area contributed by atoms with E-state index >= 15 is 0 Å². The molecule has 1 atom stereocenters. The summed E-state index contributed by atoms with van der Waals surface area (Å²) in [4.78, 5) is 16.0. The van der Waals surface area contributed by atoms with Gasteiger partial charge < -0.3 is 15.8 Å². The molecule has 0 unspecified atom stereocenters. The minimum Gasteiger partial charge on any atom is -0.439 e. The van der Waals surface area contributed by atoms with Crippen LogP contribution in [0.5, 0.6) is 11.6 Å². The average molecular weight is 349 g/mol. The first-order valence-corrected chi connectivity index (χ1v) is 8.88. The molecular formula is C17H20FN3O2S. The normalized spacial score (nSPS) is 11.8. The van der Waals surface area contributed by atoms with Gasteiger partial charge in [0.15, 0.2) is 0 Å². The molecule has 128 valence electrons. The van der Waals surface area contributed by atoms with Crippen molar-refractivity contribution in [2.75, 3.05) is 12.0 Å². The number of ether oxygens (including phenoxy) is 1. The SMILES string of the molecule is CSCC[C@H](N)C(=O)NCc1ccnc(Oc2ccc(F)cc2)c1. The van der Waals surface area contributed by atoms with Gasteiger partial charge in [0.2, 0.25) is 11.8 Å². The van der Waals surface area contributed by atoms with Gasteiger partial charge in [-0.05, 0) is 54.3 Å². The summed E-state index contributed by atoms with van der Waals surface area (Å²) >= 11 is 1.66. The number of carbonyl (C=O) groups is 1. The highest BCUT2D eigenvalue weighted by Crippen LogP contribution is 2.20. The number of carbonyl (C=O) groups excluding carboxylic acids is 1. The number of halogens is 1. The number of pyridine rings is 1. The Kier molecular flexibility index (Phi) is 7.02. The number of nitrogens with zero attached hydrogens (tertiary/aromatic N) is 1. The summed E-state index contributed by atoms with van der Waals surface area (Å²) in [5.41, 5.74) is 6.66. The molecule has 5 nitrogen and oxygen atoms in total. The van der Waals surface area contributed by atoms with Crippen molar-refractivity contribution in [3.05, 3.63) is 54.0 Å². The fourth-order valence-corrected chi connectivity index (χ4v) is 2.43. The van der Waals surface area contributed by atoms with Crippen molar-refractivity contribution in [3.8, 4) is 11.6 Å². The molecule has 3 N–H and O–H groups in total. The summed E-state index contributed by atoms with van der Waals surface area (Å²) in [6.07, 6.45) is 4.21. The molecule has 0 saturated carbocycles. The fourth-order valence-electron chi connectivity index (χ4n) is 1.94. The van der Waals surface area contributed by atoms with Gasteiger partial charge in [0, 0.05) is 18.8 Å². The summed E-state index contributed by atoms with van der Waals surface area (Å²) in [5, 5.41) is 2.80. The van der Waals surface area contributed by atoms with Crippen LogP contribution in [0.3, 0.4) is 0 Å². The molecule has 0 fully saturated rings. The molecule has 0 saturated heterocycles. The number of amides is 1. The molecule has 0 spiro atoms. The predicted octanol–water partition coefficient (Wildman–Crippen LogP) is 2.71. The van der Waals surface area contributed by atoms with Crippen molar-refractivity contribution in [3.63, 3.8) is 0 Å². The highest BCUT2D eigenvalue weighted by Gasteiger charge is 2.12. The number of benzene rings is 1. The molecule has 1 aromatic carbocycles. The van der Waals surface area contributed by atoms with E-state index in [-0.39, 0.29) is 11.7 Å². The smallest absolute Gasteiger partial charge is 0.237 e. The topological polar surface area (TPSA) is 77.2 Å². The molecule has 24 heavy (non-hydrogen) atoms. The van der Waals surface area contributed by atoms with Crippen LogP contribution >= 0.6 is 11.8 Å². The van der Waals surface area contributed by atoms with Crippen LogP contribution in [0, 0.1) is 5.82 Å². The van der Waals surface area contributed by atoms with E-state index < -0.39 is 6.04 Å². The Morgan fingerprint density at radius 3 is 2.83 bits per heavy atom. The number of rotatable bonds is 8. The molecule has 1 heterocycles. The zero-order chi connectivity index (χ0) is 17.4. The second-order valence-corrected chi connectivity index (χ2v) is 6.15. The van der Waals surface area contributed by atoms with Gasteiger partial charge in [-0.1, -0.05) is 0 Å². The first kappa shape index (κ1) is 18.2. The molecule has 2 aromatic rings. The highest BCUT2D eigenvalue weighted by atomic mass is 32.2. The standard InChI is InChI=1S/C17H20FN3O2S/c1-24-9-7-15(19)17(22)21-11-12-6-8-20-16(10-12)23-14-4-2-13(18)3-5-14/h2-6,8,10,15H,7,9,11,19H2,1H3,(H,21,22)/t15-/m0/s1. The van der Waals surface area contributed by atoms with Gasteiger partial charge in [-0.15, -0.1) is 0 Å². The van der Waals surface area contributed by atoms with Gasteiger partial charge in [-0.25, -0.2) is 9.37 Å². The Morgan fingerprint density at radius 1 is 1.38 bits per heavy atom. The van der Waals surface area contributed by atoms with E-state index in [2.05, 4.69) is 10.3 Å². The van der Waals surface area contributed by atoms with Crippen molar-refractivity contribution < 1.29 is 13.9 Å². The third-order valence-electron chi connectivity index (χ3n) is 3.27. The number of nitrogens with two attached hydrogens (primary N) is 1. The van der Waals surface area contributed by atoms with Crippen LogP contribution in [-0.2, 0) is 11.3 Å². The van der Waals surface area contributed by atoms with Crippen molar-refractivity contribution in [1.82, 2.24) is 10.3 Å².